The monoisotopic (exact) mass is 361 g/mol. The average Bonchev–Trinajstić information content (AvgIpc) is 3.10. The molecule has 0 bridgehead atoms. The van der Waals surface area contributed by atoms with Gasteiger partial charge in [-0.3, -0.25) is 0 Å². The Labute approximate surface area is 119 Å². The van der Waals surface area contributed by atoms with Gasteiger partial charge in [0, 0.05) is 6.04 Å². The van der Waals surface area contributed by atoms with Crippen molar-refractivity contribution in [3.63, 3.8) is 0 Å². The molecule has 1 aliphatic carbocycles. The van der Waals surface area contributed by atoms with Crippen LogP contribution < -0.4 is 10.1 Å². The van der Waals surface area contributed by atoms with Crippen LogP contribution in [0.2, 0.25) is 0 Å². The second-order valence-electron chi connectivity index (χ2n) is 4.33. The molecule has 1 aliphatic rings. The fraction of sp³-hybridized carbons (Fsp3) is 0.538. The highest BCUT2D eigenvalue weighted by Crippen LogP contribution is 2.33. The summed E-state index contributed by atoms with van der Waals surface area (Å²) in [5, 5.41) is 3.50. The van der Waals surface area contributed by atoms with Crippen LogP contribution >= 0.6 is 31.9 Å². The molecule has 2 nitrogen and oxygen atoms in total. The van der Waals surface area contributed by atoms with E-state index in [0.717, 1.165) is 40.3 Å². The van der Waals surface area contributed by atoms with Crippen LogP contribution in [0.25, 0.3) is 0 Å². The van der Waals surface area contributed by atoms with Crippen molar-refractivity contribution < 1.29 is 4.74 Å². The Bertz CT molecular complexity index is 346. The standard InChI is InChI=1S/C13H17Br2NO/c14-11-4-3-5-12(15)13(11)17-9-2-1-8-16-10-6-7-10/h3-5,10,16H,1-2,6-9H2. The van der Waals surface area contributed by atoms with Crippen molar-refractivity contribution in [2.24, 2.45) is 0 Å². The highest BCUT2D eigenvalue weighted by Gasteiger charge is 2.19. The van der Waals surface area contributed by atoms with Gasteiger partial charge in [-0.15, -0.1) is 0 Å². The molecule has 1 saturated carbocycles. The molecule has 0 saturated heterocycles. The number of halogens is 2. The summed E-state index contributed by atoms with van der Waals surface area (Å²) in [6, 6.07) is 6.79. The maximum absolute atomic E-state index is 5.77. The summed E-state index contributed by atoms with van der Waals surface area (Å²) in [7, 11) is 0. The van der Waals surface area contributed by atoms with E-state index in [0.29, 0.717) is 0 Å². The molecule has 1 fully saturated rings. The number of nitrogens with one attached hydrogen (secondary N) is 1. The van der Waals surface area contributed by atoms with Gasteiger partial charge < -0.3 is 10.1 Å². The number of rotatable bonds is 7. The van der Waals surface area contributed by atoms with E-state index in [1.54, 1.807) is 0 Å². The van der Waals surface area contributed by atoms with Gasteiger partial charge in [0.25, 0.3) is 0 Å². The van der Waals surface area contributed by atoms with E-state index in [-0.39, 0.29) is 0 Å². The van der Waals surface area contributed by atoms with Gasteiger partial charge in [-0.05, 0) is 76.2 Å². The van der Waals surface area contributed by atoms with Crippen LogP contribution in [0, 0.1) is 0 Å². The molecule has 1 N–H and O–H groups in total. The smallest absolute Gasteiger partial charge is 0.147 e. The number of benzene rings is 1. The maximum atomic E-state index is 5.77. The third kappa shape index (κ3) is 4.60. The van der Waals surface area contributed by atoms with Gasteiger partial charge in [0.2, 0.25) is 0 Å². The Balaban J connectivity index is 1.63. The maximum Gasteiger partial charge on any atom is 0.147 e. The van der Waals surface area contributed by atoms with Gasteiger partial charge in [0.15, 0.2) is 0 Å². The molecule has 0 spiro atoms. The summed E-state index contributed by atoms with van der Waals surface area (Å²) in [6.07, 6.45) is 4.99. The summed E-state index contributed by atoms with van der Waals surface area (Å²) >= 11 is 6.98. The lowest BCUT2D eigenvalue weighted by Gasteiger charge is -2.10. The molecule has 1 aromatic carbocycles. The van der Waals surface area contributed by atoms with Crippen molar-refractivity contribution >= 4 is 31.9 Å². The topological polar surface area (TPSA) is 21.3 Å². The second kappa shape index (κ2) is 6.76. The quantitative estimate of drug-likeness (QED) is 0.736. The lowest BCUT2D eigenvalue weighted by atomic mass is 10.3. The molecule has 1 aromatic rings. The van der Waals surface area contributed by atoms with Gasteiger partial charge in [-0.1, -0.05) is 6.07 Å². The molecule has 0 radical (unpaired) electrons. The molecule has 0 amide bonds. The van der Waals surface area contributed by atoms with E-state index in [4.69, 9.17) is 4.74 Å². The number of para-hydroxylation sites is 1. The predicted octanol–water partition coefficient (Wildman–Crippen LogP) is 4.12. The van der Waals surface area contributed by atoms with Gasteiger partial charge >= 0.3 is 0 Å². The Hall–Kier alpha value is -0.0600. The number of hydrogen-bond donors (Lipinski definition) is 1. The van der Waals surface area contributed by atoms with Crippen LogP contribution in [0.4, 0.5) is 0 Å². The zero-order valence-electron chi connectivity index (χ0n) is 9.72. The van der Waals surface area contributed by atoms with Crippen molar-refractivity contribution in [2.75, 3.05) is 13.2 Å². The fourth-order valence-electron chi connectivity index (χ4n) is 1.62. The SMILES string of the molecule is Brc1cccc(Br)c1OCCCCNC1CC1. The van der Waals surface area contributed by atoms with Crippen LogP contribution in [0.5, 0.6) is 5.75 Å². The van der Waals surface area contributed by atoms with Crippen molar-refractivity contribution in [2.45, 2.75) is 31.7 Å². The van der Waals surface area contributed by atoms with Gasteiger partial charge in [-0.2, -0.15) is 0 Å². The first-order valence-electron chi connectivity index (χ1n) is 6.07. The van der Waals surface area contributed by atoms with Gasteiger partial charge in [0.1, 0.15) is 5.75 Å². The summed E-state index contributed by atoms with van der Waals surface area (Å²) in [5.74, 6) is 0.905. The van der Waals surface area contributed by atoms with E-state index < -0.39 is 0 Å². The van der Waals surface area contributed by atoms with Crippen molar-refractivity contribution in [1.29, 1.82) is 0 Å². The van der Waals surface area contributed by atoms with E-state index >= 15 is 0 Å². The lowest BCUT2D eigenvalue weighted by Crippen LogP contribution is -2.17. The van der Waals surface area contributed by atoms with Crippen molar-refractivity contribution in [3.05, 3.63) is 27.1 Å². The van der Waals surface area contributed by atoms with Crippen molar-refractivity contribution in [1.82, 2.24) is 5.32 Å². The predicted molar refractivity (Wildman–Crippen MR) is 77.6 cm³/mol. The highest BCUT2D eigenvalue weighted by atomic mass is 79.9. The Morgan fingerprint density at radius 1 is 1.18 bits per heavy atom. The normalized spacial score (nSPS) is 14.9. The van der Waals surface area contributed by atoms with Crippen molar-refractivity contribution in [3.8, 4) is 5.75 Å². The molecular weight excluding hydrogens is 346 g/mol. The summed E-state index contributed by atoms with van der Waals surface area (Å²) < 4.78 is 7.77. The first-order valence-corrected chi connectivity index (χ1v) is 7.66. The zero-order valence-corrected chi connectivity index (χ0v) is 12.9. The molecule has 2 rings (SSSR count). The second-order valence-corrected chi connectivity index (χ2v) is 6.04. The van der Waals surface area contributed by atoms with Gasteiger partial charge in [-0.25, -0.2) is 0 Å². The lowest BCUT2D eigenvalue weighted by molar-refractivity contribution is 0.302. The minimum absolute atomic E-state index is 0.771. The van der Waals surface area contributed by atoms with Crippen LogP contribution in [0.1, 0.15) is 25.7 Å². The van der Waals surface area contributed by atoms with Crippen LogP contribution in [0.15, 0.2) is 27.1 Å². The molecule has 17 heavy (non-hydrogen) atoms. The third-order valence-electron chi connectivity index (χ3n) is 2.75. The molecule has 0 atom stereocenters. The first kappa shape index (κ1) is 13.4. The minimum Gasteiger partial charge on any atom is -0.491 e. The Kier molecular flexibility index (Phi) is 5.32. The molecule has 94 valence electrons. The summed E-state index contributed by atoms with van der Waals surface area (Å²) in [5.41, 5.74) is 0. The molecule has 0 unspecified atom stereocenters. The molecule has 0 aromatic heterocycles. The molecular formula is C13H17Br2NO. The Morgan fingerprint density at radius 3 is 2.53 bits per heavy atom. The largest absolute Gasteiger partial charge is 0.491 e. The first-order chi connectivity index (χ1) is 8.27. The van der Waals surface area contributed by atoms with E-state index in [9.17, 15) is 0 Å². The molecule has 0 aliphatic heterocycles. The Morgan fingerprint density at radius 2 is 1.88 bits per heavy atom. The third-order valence-corrected chi connectivity index (χ3v) is 4.00. The molecule has 4 heteroatoms. The summed E-state index contributed by atoms with van der Waals surface area (Å²) in [6.45, 7) is 1.89. The minimum atomic E-state index is 0.771. The number of hydrogen-bond acceptors (Lipinski definition) is 2. The summed E-state index contributed by atoms with van der Waals surface area (Å²) in [4.78, 5) is 0. The van der Waals surface area contributed by atoms with Crippen LogP contribution in [-0.4, -0.2) is 19.2 Å². The fourth-order valence-corrected chi connectivity index (χ4v) is 2.84. The number of unbranched alkanes of at least 4 members (excludes halogenated alkanes) is 1. The van der Waals surface area contributed by atoms with Crippen LogP contribution in [-0.2, 0) is 0 Å². The van der Waals surface area contributed by atoms with E-state index in [1.165, 1.54) is 19.3 Å². The van der Waals surface area contributed by atoms with E-state index in [1.807, 2.05) is 18.2 Å². The number of ether oxygens (including phenoxy) is 1. The van der Waals surface area contributed by atoms with Crippen LogP contribution in [0.3, 0.4) is 0 Å². The average molecular weight is 363 g/mol. The van der Waals surface area contributed by atoms with E-state index in [2.05, 4.69) is 37.2 Å². The molecule has 0 heterocycles. The highest BCUT2D eigenvalue weighted by molar-refractivity contribution is 9.11. The zero-order chi connectivity index (χ0) is 12.1. The van der Waals surface area contributed by atoms with Gasteiger partial charge in [0.05, 0.1) is 15.6 Å².